The van der Waals surface area contributed by atoms with Crippen LogP contribution in [0, 0.1) is 6.92 Å². The molecule has 0 saturated carbocycles. The summed E-state index contributed by atoms with van der Waals surface area (Å²) in [5, 5.41) is 0. The molecule has 0 aliphatic heterocycles. The Labute approximate surface area is 116 Å². The summed E-state index contributed by atoms with van der Waals surface area (Å²) in [4.78, 5) is 16.0. The van der Waals surface area contributed by atoms with Crippen LogP contribution >= 0.6 is 0 Å². The van der Waals surface area contributed by atoms with E-state index in [0.717, 1.165) is 25.1 Å². The molecular formula is C15H25N3O. The third-order valence-electron chi connectivity index (χ3n) is 3.18. The van der Waals surface area contributed by atoms with Gasteiger partial charge < -0.3 is 15.5 Å². The third kappa shape index (κ3) is 5.01. The molecule has 0 aliphatic rings. The van der Waals surface area contributed by atoms with Crippen LogP contribution in [0.25, 0.3) is 0 Å². The van der Waals surface area contributed by atoms with Gasteiger partial charge >= 0.3 is 0 Å². The topological polar surface area (TPSA) is 49.6 Å². The van der Waals surface area contributed by atoms with Gasteiger partial charge in [-0.1, -0.05) is 29.8 Å². The lowest BCUT2D eigenvalue weighted by Crippen LogP contribution is -2.37. The van der Waals surface area contributed by atoms with Crippen molar-refractivity contribution in [2.75, 3.05) is 34.2 Å². The monoisotopic (exact) mass is 263 g/mol. The summed E-state index contributed by atoms with van der Waals surface area (Å²) in [6, 6.07) is 7.24. The van der Waals surface area contributed by atoms with Crippen LogP contribution in [0.5, 0.6) is 0 Å². The molecule has 4 nitrogen and oxygen atoms in total. The molecule has 106 valence electrons. The molecule has 0 bridgehead atoms. The van der Waals surface area contributed by atoms with E-state index in [0.29, 0.717) is 0 Å². The minimum atomic E-state index is -0.565. The highest BCUT2D eigenvalue weighted by atomic mass is 16.2. The zero-order valence-electron chi connectivity index (χ0n) is 12.4. The van der Waals surface area contributed by atoms with Crippen molar-refractivity contribution < 1.29 is 4.79 Å². The van der Waals surface area contributed by atoms with Crippen LogP contribution in [0.4, 0.5) is 0 Å². The number of nitrogens with two attached hydrogens (primary N) is 1. The standard InChI is InChI=1S/C15H25N3O/c1-12-6-8-13(9-7-12)14(16)15(19)18(4)11-5-10-17(2)3/h6-9,14H,5,10-11,16H2,1-4H3. The van der Waals surface area contributed by atoms with Crippen molar-refractivity contribution in [3.05, 3.63) is 35.4 Å². The lowest BCUT2D eigenvalue weighted by atomic mass is 10.0. The molecule has 1 aromatic rings. The second kappa shape index (κ2) is 7.26. The summed E-state index contributed by atoms with van der Waals surface area (Å²) in [7, 11) is 5.87. The molecule has 4 heteroatoms. The van der Waals surface area contributed by atoms with Crippen LogP contribution in [0.15, 0.2) is 24.3 Å². The minimum absolute atomic E-state index is 0.0254. The molecule has 1 amide bonds. The van der Waals surface area contributed by atoms with E-state index in [4.69, 9.17) is 5.73 Å². The zero-order valence-corrected chi connectivity index (χ0v) is 12.4. The van der Waals surface area contributed by atoms with Gasteiger partial charge in [0.05, 0.1) is 0 Å². The van der Waals surface area contributed by atoms with E-state index in [-0.39, 0.29) is 5.91 Å². The quantitative estimate of drug-likeness (QED) is 0.844. The van der Waals surface area contributed by atoms with E-state index in [2.05, 4.69) is 4.90 Å². The van der Waals surface area contributed by atoms with Gasteiger partial charge in [-0.05, 0) is 39.5 Å². The van der Waals surface area contributed by atoms with Crippen LogP contribution in [0.1, 0.15) is 23.6 Å². The van der Waals surface area contributed by atoms with Gasteiger partial charge in [0.25, 0.3) is 0 Å². The molecule has 1 unspecified atom stereocenters. The van der Waals surface area contributed by atoms with Crippen molar-refractivity contribution in [1.82, 2.24) is 9.80 Å². The van der Waals surface area contributed by atoms with Crippen LogP contribution in [0.3, 0.4) is 0 Å². The number of nitrogens with zero attached hydrogens (tertiary/aromatic N) is 2. The fourth-order valence-corrected chi connectivity index (χ4v) is 1.89. The average molecular weight is 263 g/mol. The Morgan fingerprint density at radius 1 is 1.16 bits per heavy atom. The first kappa shape index (κ1) is 15.7. The summed E-state index contributed by atoms with van der Waals surface area (Å²) < 4.78 is 0. The van der Waals surface area contributed by atoms with Crippen LogP contribution in [0.2, 0.25) is 0 Å². The number of hydrogen-bond donors (Lipinski definition) is 1. The highest BCUT2D eigenvalue weighted by Gasteiger charge is 2.19. The maximum Gasteiger partial charge on any atom is 0.243 e. The number of likely N-dealkylation sites (N-methyl/N-ethyl adjacent to an activating group) is 1. The molecule has 19 heavy (non-hydrogen) atoms. The Morgan fingerprint density at radius 2 is 1.74 bits per heavy atom. The summed E-state index contributed by atoms with van der Waals surface area (Å²) in [6.07, 6.45) is 0.954. The van der Waals surface area contributed by atoms with Crippen molar-refractivity contribution in [3.63, 3.8) is 0 Å². The number of benzene rings is 1. The predicted molar refractivity (Wildman–Crippen MR) is 78.9 cm³/mol. The molecule has 0 aliphatic carbocycles. The van der Waals surface area contributed by atoms with E-state index < -0.39 is 6.04 Å². The molecule has 0 spiro atoms. The second-order valence-electron chi connectivity index (χ2n) is 5.30. The van der Waals surface area contributed by atoms with Crippen molar-refractivity contribution >= 4 is 5.91 Å². The Balaban J connectivity index is 2.53. The molecule has 1 aromatic carbocycles. The van der Waals surface area contributed by atoms with E-state index in [1.54, 1.807) is 4.90 Å². The molecule has 0 fully saturated rings. The molecule has 0 aromatic heterocycles. The highest BCUT2D eigenvalue weighted by molar-refractivity contribution is 5.82. The van der Waals surface area contributed by atoms with Crippen molar-refractivity contribution in [2.24, 2.45) is 5.73 Å². The van der Waals surface area contributed by atoms with E-state index in [1.807, 2.05) is 52.3 Å². The van der Waals surface area contributed by atoms with Crippen molar-refractivity contribution in [1.29, 1.82) is 0 Å². The zero-order chi connectivity index (χ0) is 14.4. The van der Waals surface area contributed by atoms with Crippen LogP contribution in [-0.4, -0.2) is 49.9 Å². The van der Waals surface area contributed by atoms with Gasteiger partial charge in [-0.25, -0.2) is 0 Å². The van der Waals surface area contributed by atoms with Crippen molar-refractivity contribution in [3.8, 4) is 0 Å². The number of carbonyl (C=O) groups excluding carboxylic acids is 1. The molecule has 0 radical (unpaired) electrons. The van der Waals surface area contributed by atoms with Gasteiger partial charge in [0, 0.05) is 13.6 Å². The van der Waals surface area contributed by atoms with Crippen LogP contribution < -0.4 is 5.73 Å². The van der Waals surface area contributed by atoms with E-state index in [9.17, 15) is 4.79 Å². The number of hydrogen-bond acceptors (Lipinski definition) is 3. The van der Waals surface area contributed by atoms with Gasteiger partial charge in [-0.2, -0.15) is 0 Å². The highest BCUT2D eigenvalue weighted by Crippen LogP contribution is 2.13. The smallest absolute Gasteiger partial charge is 0.243 e. The molecular weight excluding hydrogens is 238 g/mol. The normalized spacial score (nSPS) is 12.5. The number of carbonyl (C=O) groups is 1. The average Bonchev–Trinajstić information content (AvgIpc) is 2.37. The van der Waals surface area contributed by atoms with E-state index >= 15 is 0 Å². The fraction of sp³-hybridized carbons (Fsp3) is 0.533. The van der Waals surface area contributed by atoms with Gasteiger partial charge in [0.1, 0.15) is 6.04 Å². The lowest BCUT2D eigenvalue weighted by molar-refractivity contribution is -0.131. The second-order valence-corrected chi connectivity index (χ2v) is 5.30. The first-order chi connectivity index (χ1) is 8.91. The Bertz CT molecular complexity index is 400. The predicted octanol–water partition coefficient (Wildman–Crippen LogP) is 1.40. The van der Waals surface area contributed by atoms with Crippen LogP contribution in [-0.2, 0) is 4.79 Å². The summed E-state index contributed by atoms with van der Waals surface area (Å²) in [5.74, 6) is -0.0254. The SMILES string of the molecule is Cc1ccc(C(N)C(=O)N(C)CCCN(C)C)cc1. The minimum Gasteiger partial charge on any atom is -0.344 e. The summed E-state index contributed by atoms with van der Waals surface area (Å²) in [6.45, 7) is 3.72. The maximum atomic E-state index is 12.2. The van der Waals surface area contributed by atoms with Crippen molar-refractivity contribution in [2.45, 2.75) is 19.4 Å². The van der Waals surface area contributed by atoms with Gasteiger partial charge in [0.15, 0.2) is 0 Å². The summed E-state index contributed by atoms with van der Waals surface area (Å²) >= 11 is 0. The number of aryl methyl sites for hydroxylation is 1. The van der Waals surface area contributed by atoms with E-state index in [1.165, 1.54) is 5.56 Å². The molecule has 1 rings (SSSR count). The molecule has 0 saturated heterocycles. The molecule has 1 atom stereocenters. The molecule has 0 heterocycles. The lowest BCUT2D eigenvalue weighted by Gasteiger charge is -2.22. The Kier molecular flexibility index (Phi) is 5.99. The third-order valence-corrected chi connectivity index (χ3v) is 3.18. The van der Waals surface area contributed by atoms with Gasteiger partial charge in [-0.15, -0.1) is 0 Å². The number of rotatable bonds is 6. The maximum absolute atomic E-state index is 12.2. The largest absolute Gasteiger partial charge is 0.344 e. The number of amides is 1. The Hall–Kier alpha value is -1.39. The van der Waals surface area contributed by atoms with Gasteiger partial charge in [-0.3, -0.25) is 4.79 Å². The fourth-order valence-electron chi connectivity index (χ4n) is 1.89. The first-order valence-electron chi connectivity index (χ1n) is 6.63. The first-order valence-corrected chi connectivity index (χ1v) is 6.63. The summed E-state index contributed by atoms with van der Waals surface area (Å²) in [5.41, 5.74) is 8.06. The van der Waals surface area contributed by atoms with Gasteiger partial charge in [0.2, 0.25) is 5.91 Å². The Morgan fingerprint density at radius 3 is 2.26 bits per heavy atom. The molecule has 2 N–H and O–H groups in total.